The van der Waals surface area contributed by atoms with E-state index in [2.05, 4.69) is 57.3 Å². The number of carbonyl (C=O) groups is 2. The SMILES string of the molecule is CCCCCNC(=O)C1CCN(C(=O)CSc2ccc(C(C)(C)C)cc2)CC1. The molecule has 0 aromatic heterocycles. The molecule has 0 radical (unpaired) electrons. The van der Waals surface area contributed by atoms with Gasteiger partial charge in [-0.15, -0.1) is 11.8 Å². The molecule has 156 valence electrons. The van der Waals surface area contributed by atoms with Crippen molar-refractivity contribution in [1.82, 2.24) is 10.2 Å². The van der Waals surface area contributed by atoms with Crippen molar-refractivity contribution in [2.75, 3.05) is 25.4 Å². The van der Waals surface area contributed by atoms with Gasteiger partial charge in [-0.2, -0.15) is 0 Å². The fourth-order valence-electron chi connectivity index (χ4n) is 3.41. The van der Waals surface area contributed by atoms with E-state index >= 15 is 0 Å². The molecular formula is C23H36N2O2S. The predicted molar refractivity (Wildman–Crippen MR) is 118 cm³/mol. The molecule has 1 N–H and O–H groups in total. The van der Waals surface area contributed by atoms with E-state index in [-0.39, 0.29) is 23.1 Å². The molecule has 2 amide bonds. The zero-order valence-corrected chi connectivity index (χ0v) is 18.7. The van der Waals surface area contributed by atoms with Gasteiger partial charge in [-0.1, -0.05) is 52.7 Å². The molecule has 1 fully saturated rings. The van der Waals surface area contributed by atoms with Crippen molar-refractivity contribution >= 4 is 23.6 Å². The van der Waals surface area contributed by atoms with Gasteiger partial charge in [0.2, 0.25) is 11.8 Å². The van der Waals surface area contributed by atoms with Crippen LogP contribution in [0.3, 0.4) is 0 Å². The highest BCUT2D eigenvalue weighted by molar-refractivity contribution is 8.00. The van der Waals surface area contributed by atoms with Gasteiger partial charge < -0.3 is 10.2 Å². The van der Waals surface area contributed by atoms with Crippen LogP contribution in [0.25, 0.3) is 0 Å². The number of carbonyl (C=O) groups excluding carboxylic acids is 2. The van der Waals surface area contributed by atoms with Crippen molar-refractivity contribution in [3.8, 4) is 0 Å². The first kappa shape index (κ1) is 22.8. The Hall–Kier alpha value is -1.49. The smallest absolute Gasteiger partial charge is 0.232 e. The molecule has 28 heavy (non-hydrogen) atoms. The molecule has 0 aliphatic carbocycles. The highest BCUT2D eigenvalue weighted by Gasteiger charge is 2.27. The van der Waals surface area contributed by atoms with E-state index in [1.807, 2.05) is 4.90 Å². The maximum Gasteiger partial charge on any atom is 0.232 e. The molecule has 1 aromatic carbocycles. The van der Waals surface area contributed by atoms with Crippen molar-refractivity contribution in [1.29, 1.82) is 0 Å². The lowest BCUT2D eigenvalue weighted by Crippen LogP contribution is -2.43. The molecule has 0 bridgehead atoms. The topological polar surface area (TPSA) is 49.4 Å². The number of nitrogens with zero attached hydrogens (tertiary/aromatic N) is 1. The first-order valence-electron chi connectivity index (χ1n) is 10.6. The van der Waals surface area contributed by atoms with Crippen molar-refractivity contribution in [2.45, 2.75) is 70.1 Å². The third-order valence-electron chi connectivity index (χ3n) is 5.38. The molecule has 2 rings (SSSR count). The number of rotatable bonds is 8. The first-order chi connectivity index (χ1) is 13.3. The normalized spacial score (nSPS) is 15.5. The third kappa shape index (κ3) is 7.16. The molecule has 0 atom stereocenters. The van der Waals surface area contributed by atoms with Crippen LogP contribution in [0, 0.1) is 5.92 Å². The second kappa shape index (κ2) is 10.9. The van der Waals surface area contributed by atoms with Crippen LogP contribution >= 0.6 is 11.8 Å². The molecular weight excluding hydrogens is 368 g/mol. The number of hydrogen-bond donors (Lipinski definition) is 1. The third-order valence-corrected chi connectivity index (χ3v) is 6.38. The van der Waals surface area contributed by atoms with E-state index in [4.69, 9.17) is 0 Å². The molecule has 1 aliphatic heterocycles. The Kier molecular flexibility index (Phi) is 8.87. The van der Waals surface area contributed by atoms with E-state index in [1.165, 1.54) is 5.56 Å². The average molecular weight is 405 g/mol. The van der Waals surface area contributed by atoms with E-state index in [0.717, 1.165) is 43.5 Å². The highest BCUT2D eigenvalue weighted by atomic mass is 32.2. The van der Waals surface area contributed by atoms with E-state index in [0.29, 0.717) is 18.8 Å². The van der Waals surface area contributed by atoms with E-state index < -0.39 is 0 Å². The zero-order valence-electron chi connectivity index (χ0n) is 17.9. The summed E-state index contributed by atoms with van der Waals surface area (Å²) in [7, 11) is 0. The number of benzene rings is 1. The van der Waals surface area contributed by atoms with Gasteiger partial charge in [-0.05, 0) is 42.4 Å². The molecule has 1 aromatic rings. The zero-order chi connectivity index (χ0) is 20.6. The number of hydrogen-bond acceptors (Lipinski definition) is 3. The van der Waals surface area contributed by atoms with E-state index in [9.17, 15) is 9.59 Å². The maximum absolute atomic E-state index is 12.5. The van der Waals surface area contributed by atoms with Crippen molar-refractivity contribution in [3.05, 3.63) is 29.8 Å². The van der Waals surface area contributed by atoms with Crippen LogP contribution in [-0.2, 0) is 15.0 Å². The molecule has 0 spiro atoms. The summed E-state index contributed by atoms with van der Waals surface area (Å²) in [5, 5.41) is 3.05. The quantitative estimate of drug-likeness (QED) is 0.508. The molecule has 1 aliphatic rings. The lowest BCUT2D eigenvalue weighted by atomic mass is 9.87. The highest BCUT2D eigenvalue weighted by Crippen LogP contribution is 2.26. The summed E-state index contributed by atoms with van der Waals surface area (Å²) >= 11 is 1.59. The van der Waals surface area contributed by atoms with Crippen molar-refractivity contribution in [3.63, 3.8) is 0 Å². The van der Waals surface area contributed by atoms with Gasteiger partial charge in [0.25, 0.3) is 0 Å². The second-order valence-electron chi connectivity index (χ2n) is 8.72. The Labute approximate surface area is 174 Å². The Morgan fingerprint density at radius 3 is 2.32 bits per heavy atom. The lowest BCUT2D eigenvalue weighted by molar-refractivity contribution is -0.133. The van der Waals surface area contributed by atoms with Crippen LogP contribution in [0.2, 0.25) is 0 Å². The Bertz CT molecular complexity index is 629. The summed E-state index contributed by atoms with van der Waals surface area (Å²) in [4.78, 5) is 27.8. The van der Waals surface area contributed by atoms with Crippen LogP contribution in [0.4, 0.5) is 0 Å². The summed E-state index contributed by atoms with van der Waals surface area (Å²) in [6.45, 7) is 10.9. The molecule has 0 unspecified atom stereocenters. The largest absolute Gasteiger partial charge is 0.356 e. The van der Waals surface area contributed by atoms with Gasteiger partial charge >= 0.3 is 0 Å². The molecule has 1 heterocycles. The van der Waals surface area contributed by atoms with Gasteiger partial charge in [-0.3, -0.25) is 9.59 Å². The molecule has 5 heteroatoms. The second-order valence-corrected chi connectivity index (χ2v) is 9.77. The summed E-state index contributed by atoms with van der Waals surface area (Å²) in [5.41, 5.74) is 1.45. The van der Waals surface area contributed by atoms with Gasteiger partial charge in [0.05, 0.1) is 5.75 Å². The Balaban J connectivity index is 1.71. The van der Waals surface area contributed by atoms with Crippen LogP contribution in [-0.4, -0.2) is 42.1 Å². The number of thioether (sulfide) groups is 1. The standard InChI is InChI=1S/C23H36N2O2S/c1-5-6-7-14-24-22(27)18-12-15-25(16-13-18)21(26)17-28-20-10-8-19(9-11-20)23(2,3)4/h8-11,18H,5-7,12-17H2,1-4H3,(H,24,27). The fourth-order valence-corrected chi connectivity index (χ4v) is 4.21. The number of likely N-dealkylation sites (tertiary alicyclic amines) is 1. The molecule has 1 saturated heterocycles. The molecule has 4 nitrogen and oxygen atoms in total. The van der Waals surface area contributed by atoms with Gasteiger partial charge in [-0.25, -0.2) is 0 Å². The van der Waals surface area contributed by atoms with Crippen LogP contribution < -0.4 is 5.32 Å². The van der Waals surface area contributed by atoms with Crippen LogP contribution in [0.15, 0.2) is 29.2 Å². The van der Waals surface area contributed by atoms with Gasteiger partial charge in [0.1, 0.15) is 0 Å². The van der Waals surface area contributed by atoms with Gasteiger partial charge in [0.15, 0.2) is 0 Å². The number of amides is 2. The van der Waals surface area contributed by atoms with Crippen molar-refractivity contribution < 1.29 is 9.59 Å². The fraction of sp³-hybridized carbons (Fsp3) is 0.652. The van der Waals surface area contributed by atoms with Crippen LogP contribution in [0.1, 0.15) is 65.4 Å². The summed E-state index contributed by atoms with van der Waals surface area (Å²) in [6.07, 6.45) is 4.92. The summed E-state index contributed by atoms with van der Waals surface area (Å²) < 4.78 is 0. The predicted octanol–water partition coefficient (Wildman–Crippen LogP) is 4.62. The van der Waals surface area contributed by atoms with Crippen molar-refractivity contribution in [2.24, 2.45) is 5.92 Å². The summed E-state index contributed by atoms with van der Waals surface area (Å²) in [5.74, 6) is 0.856. The minimum Gasteiger partial charge on any atom is -0.356 e. The molecule has 0 saturated carbocycles. The monoisotopic (exact) mass is 404 g/mol. The minimum atomic E-state index is 0.0586. The lowest BCUT2D eigenvalue weighted by Gasteiger charge is -2.31. The maximum atomic E-state index is 12.5. The van der Waals surface area contributed by atoms with Crippen LogP contribution in [0.5, 0.6) is 0 Å². The number of nitrogens with one attached hydrogen (secondary N) is 1. The Morgan fingerprint density at radius 1 is 1.11 bits per heavy atom. The minimum absolute atomic E-state index is 0.0586. The van der Waals surface area contributed by atoms with E-state index in [1.54, 1.807) is 11.8 Å². The Morgan fingerprint density at radius 2 is 1.75 bits per heavy atom. The summed E-state index contributed by atoms with van der Waals surface area (Å²) in [6, 6.07) is 8.51. The average Bonchev–Trinajstić information content (AvgIpc) is 2.69. The number of unbranched alkanes of at least 4 members (excludes halogenated alkanes) is 2. The number of piperidine rings is 1. The first-order valence-corrected chi connectivity index (χ1v) is 11.6. The van der Waals surface area contributed by atoms with Gasteiger partial charge in [0, 0.05) is 30.4 Å².